The minimum atomic E-state index is 0.216. The van der Waals surface area contributed by atoms with E-state index in [2.05, 4.69) is 17.3 Å². The van der Waals surface area contributed by atoms with Crippen molar-refractivity contribution >= 4 is 23.1 Å². The van der Waals surface area contributed by atoms with Gasteiger partial charge >= 0.3 is 0 Å². The Bertz CT molecular complexity index is 246. The second-order valence-corrected chi connectivity index (χ2v) is 5.27. The Morgan fingerprint density at radius 2 is 2.46 bits per heavy atom. The van der Waals surface area contributed by atoms with E-state index in [0.717, 1.165) is 23.6 Å². The quantitative estimate of drug-likeness (QED) is 0.821. The van der Waals surface area contributed by atoms with Crippen molar-refractivity contribution in [2.45, 2.75) is 32.1 Å². The third-order valence-corrected chi connectivity index (χ3v) is 3.53. The largest absolute Gasteiger partial charge is 0.328 e. The molecule has 0 bridgehead atoms. The van der Waals surface area contributed by atoms with Crippen LogP contribution in [-0.4, -0.2) is 16.8 Å². The average Bonchev–Trinajstić information content (AvgIpc) is 2.48. The van der Waals surface area contributed by atoms with Gasteiger partial charge < -0.3 is 5.73 Å². The highest BCUT2D eigenvalue weighted by Gasteiger charge is 2.03. The van der Waals surface area contributed by atoms with Gasteiger partial charge in [0.15, 0.2) is 0 Å². The molecule has 0 amide bonds. The molecule has 0 aliphatic carbocycles. The summed E-state index contributed by atoms with van der Waals surface area (Å²) in [5, 5.41) is 3.34. The summed E-state index contributed by atoms with van der Waals surface area (Å²) >= 11 is 3.65. The molecule has 1 rings (SSSR count). The second kappa shape index (κ2) is 5.62. The molecule has 1 aromatic heterocycles. The Labute approximate surface area is 87.9 Å². The van der Waals surface area contributed by atoms with Crippen LogP contribution >= 0.6 is 23.1 Å². The van der Waals surface area contributed by atoms with Crippen LogP contribution in [0.15, 0.2) is 5.38 Å². The molecule has 0 saturated heterocycles. The summed E-state index contributed by atoms with van der Waals surface area (Å²) in [5.74, 6) is 2.20. The predicted octanol–water partition coefficient (Wildman–Crippen LogP) is 2.29. The van der Waals surface area contributed by atoms with Gasteiger partial charge in [-0.05, 0) is 12.7 Å². The summed E-state index contributed by atoms with van der Waals surface area (Å²) in [6.45, 7) is 4.18. The van der Waals surface area contributed by atoms with Crippen molar-refractivity contribution in [2.75, 3.05) is 5.75 Å². The molecular formula is C9H16N2S2. The molecule has 0 aromatic carbocycles. The van der Waals surface area contributed by atoms with E-state index < -0.39 is 0 Å². The first-order valence-corrected chi connectivity index (χ1v) is 6.52. The highest BCUT2D eigenvalue weighted by atomic mass is 32.2. The number of hydrogen-bond acceptors (Lipinski definition) is 4. The van der Waals surface area contributed by atoms with Gasteiger partial charge in [0.05, 0.1) is 5.69 Å². The summed E-state index contributed by atoms with van der Waals surface area (Å²) in [4.78, 5) is 4.51. The Kier molecular flexibility index (Phi) is 4.77. The molecule has 1 unspecified atom stereocenters. The van der Waals surface area contributed by atoms with Crippen LogP contribution < -0.4 is 5.73 Å². The van der Waals surface area contributed by atoms with E-state index in [9.17, 15) is 0 Å². The van der Waals surface area contributed by atoms with Crippen molar-refractivity contribution in [3.8, 4) is 0 Å². The van der Waals surface area contributed by atoms with Crippen molar-refractivity contribution in [3.05, 3.63) is 16.1 Å². The van der Waals surface area contributed by atoms with E-state index >= 15 is 0 Å². The van der Waals surface area contributed by atoms with Crippen LogP contribution in [0.3, 0.4) is 0 Å². The van der Waals surface area contributed by atoms with E-state index in [1.165, 1.54) is 5.01 Å². The zero-order chi connectivity index (χ0) is 9.68. The summed E-state index contributed by atoms with van der Waals surface area (Å²) in [5.41, 5.74) is 6.84. The van der Waals surface area contributed by atoms with Gasteiger partial charge in [0.2, 0.25) is 0 Å². The molecule has 0 spiro atoms. The van der Waals surface area contributed by atoms with Gasteiger partial charge in [-0.1, -0.05) is 6.92 Å². The van der Waals surface area contributed by atoms with Crippen LogP contribution in [0, 0.1) is 0 Å². The van der Waals surface area contributed by atoms with Crippen molar-refractivity contribution in [2.24, 2.45) is 5.73 Å². The maximum Gasteiger partial charge on any atom is 0.103 e. The number of nitrogens with zero attached hydrogens (tertiary/aromatic N) is 1. The van der Waals surface area contributed by atoms with Gasteiger partial charge in [-0.25, -0.2) is 4.98 Å². The van der Waals surface area contributed by atoms with Crippen LogP contribution in [0.4, 0.5) is 0 Å². The van der Waals surface area contributed by atoms with Gasteiger partial charge in [0.25, 0.3) is 0 Å². The maximum atomic E-state index is 5.69. The van der Waals surface area contributed by atoms with Gasteiger partial charge in [-0.3, -0.25) is 0 Å². The number of nitrogens with two attached hydrogens (primary N) is 1. The third kappa shape index (κ3) is 4.11. The lowest BCUT2D eigenvalue weighted by atomic mass is 10.2. The topological polar surface area (TPSA) is 38.9 Å². The zero-order valence-electron chi connectivity index (χ0n) is 8.12. The summed E-state index contributed by atoms with van der Waals surface area (Å²) in [7, 11) is 0. The predicted molar refractivity (Wildman–Crippen MR) is 61.3 cm³/mol. The van der Waals surface area contributed by atoms with Gasteiger partial charge in [0, 0.05) is 23.6 Å². The minimum absolute atomic E-state index is 0.216. The molecule has 74 valence electrons. The first kappa shape index (κ1) is 11.0. The fourth-order valence-corrected chi connectivity index (χ4v) is 2.58. The number of hydrogen-bond donors (Lipinski definition) is 1. The van der Waals surface area contributed by atoms with Gasteiger partial charge in [-0.15, -0.1) is 11.3 Å². The molecule has 0 radical (unpaired) electrons. The standard InChI is InChI=1S/C9H16N2S2/c1-3-12-6-9-11-8(5-13-9)4-7(2)10/h5,7H,3-4,6,10H2,1-2H3. The second-order valence-electron chi connectivity index (χ2n) is 3.05. The highest BCUT2D eigenvalue weighted by molar-refractivity contribution is 7.98. The zero-order valence-corrected chi connectivity index (χ0v) is 9.75. The van der Waals surface area contributed by atoms with Crippen LogP contribution in [0.1, 0.15) is 24.5 Å². The normalized spacial score (nSPS) is 13.2. The molecule has 0 aliphatic rings. The summed E-state index contributed by atoms with van der Waals surface area (Å²) in [6.07, 6.45) is 0.896. The molecule has 1 atom stereocenters. The Balaban J connectivity index is 2.44. The van der Waals surface area contributed by atoms with Crippen molar-refractivity contribution in [3.63, 3.8) is 0 Å². The third-order valence-electron chi connectivity index (χ3n) is 1.56. The highest BCUT2D eigenvalue weighted by Crippen LogP contribution is 2.17. The molecule has 0 aliphatic heterocycles. The lowest BCUT2D eigenvalue weighted by Crippen LogP contribution is -2.17. The molecule has 0 saturated carbocycles. The van der Waals surface area contributed by atoms with Crippen molar-refractivity contribution in [1.82, 2.24) is 4.98 Å². The fourth-order valence-electron chi connectivity index (χ4n) is 1.03. The van der Waals surface area contributed by atoms with Crippen LogP contribution in [0.2, 0.25) is 0 Å². The Hall–Kier alpha value is -0.0600. The summed E-state index contributed by atoms with van der Waals surface area (Å²) < 4.78 is 0. The van der Waals surface area contributed by atoms with Gasteiger partial charge in [0.1, 0.15) is 5.01 Å². The molecule has 2 N–H and O–H groups in total. The summed E-state index contributed by atoms with van der Waals surface area (Å²) in [6, 6.07) is 0.216. The average molecular weight is 216 g/mol. The van der Waals surface area contributed by atoms with Crippen LogP contribution in [0.5, 0.6) is 0 Å². The number of rotatable bonds is 5. The first-order valence-electron chi connectivity index (χ1n) is 4.49. The van der Waals surface area contributed by atoms with Gasteiger partial charge in [-0.2, -0.15) is 11.8 Å². The SMILES string of the molecule is CCSCc1nc(CC(C)N)cs1. The smallest absolute Gasteiger partial charge is 0.103 e. The molecule has 1 aromatic rings. The van der Waals surface area contributed by atoms with E-state index in [-0.39, 0.29) is 6.04 Å². The van der Waals surface area contributed by atoms with E-state index in [4.69, 9.17) is 5.73 Å². The van der Waals surface area contributed by atoms with E-state index in [1.54, 1.807) is 11.3 Å². The maximum absolute atomic E-state index is 5.69. The molecular weight excluding hydrogens is 200 g/mol. The molecule has 13 heavy (non-hydrogen) atoms. The van der Waals surface area contributed by atoms with Crippen LogP contribution in [-0.2, 0) is 12.2 Å². The molecule has 0 fully saturated rings. The lowest BCUT2D eigenvalue weighted by molar-refractivity contribution is 0.724. The van der Waals surface area contributed by atoms with E-state index in [0.29, 0.717) is 0 Å². The fraction of sp³-hybridized carbons (Fsp3) is 0.667. The van der Waals surface area contributed by atoms with Crippen molar-refractivity contribution < 1.29 is 0 Å². The molecule has 1 heterocycles. The Morgan fingerprint density at radius 1 is 1.69 bits per heavy atom. The van der Waals surface area contributed by atoms with Crippen LogP contribution in [0.25, 0.3) is 0 Å². The molecule has 2 nitrogen and oxygen atoms in total. The minimum Gasteiger partial charge on any atom is -0.328 e. The van der Waals surface area contributed by atoms with E-state index in [1.807, 2.05) is 18.7 Å². The number of aromatic nitrogens is 1. The monoisotopic (exact) mass is 216 g/mol. The lowest BCUT2D eigenvalue weighted by Gasteiger charge is -1.99. The number of thioether (sulfide) groups is 1. The Morgan fingerprint density at radius 3 is 3.08 bits per heavy atom. The number of thiazole rings is 1. The first-order chi connectivity index (χ1) is 6.22. The van der Waals surface area contributed by atoms with Crippen molar-refractivity contribution in [1.29, 1.82) is 0 Å². The molecule has 4 heteroatoms.